The first kappa shape index (κ1) is 54.4. The maximum absolute atomic E-state index is 14.6. The molecule has 0 unspecified atom stereocenters. The molecule has 0 radical (unpaired) electrons. The zero-order valence-corrected chi connectivity index (χ0v) is 47.1. The molecule has 6 aliphatic heterocycles. The maximum atomic E-state index is 14.6. The van der Waals surface area contributed by atoms with Crippen molar-refractivity contribution in [3.8, 4) is 34.5 Å². The third-order valence-corrected chi connectivity index (χ3v) is 17.5. The van der Waals surface area contributed by atoms with Crippen molar-refractivity contribution in [2.45, 2.75) is 50.4 Å². The number of fused-ring (bicyclic) bond motifs is 6. The van der Waals surface area contributed by atoms with E-state index in [9.17, 15) is 8.78 Å². The average Bonchev–Trinajstić information content (AvgIpc) is 4.25. The second-order valence-electron chi connectivity index (χ2n) is 21.6. The van der Waals surface area contributed by atoms with Gasteiger partial charge in [-0.1, -0.05) is 35.9 Å². The Kier molecular flexibility index (Phi) is 15.7. The van der Waals surface area contributed by atoms with Crippen LogP contribution in [-0.4, -0.2) is 126 Å². The van der Waals surface area contributed by atoms with E-state index in [1.165, 1.54) is 58.1 Å². The van der Waals surface area contributed by atoms with Gasteiger partial charge >= 0.3 is 0 Å². The Morgan fingerprint density at radius 1 is 0.543 bits per heavy atom. The van der Waals surface area contributed by atoms with E-state index in [-0.39, 0.29) is 17.0 Å². The Morgan fingerprint density at radius 2 is 1.05 bits per heavy atom. The fourth-order valence-electron chi connectivity index (χ4n) is 12.6. The lowest BCUT2D eigenvalue weighted by Crippen LogP contribution is -2.37. The molecule has 1 N–H and O–H groups in total. The lowest BCUT2D eigenvalue weighted by molar-refractivity contribution is 0.0558. The van der Waals surface area contributed by atoms with Crippen molar-refractivity contribution >= 4 is 61.8 Å². The van der Waals surface area contributed by atoms with E-state index in [0.29, 0.717) is 50.3 Å². The highest BCUT2D eigenvalue weighted by molar-refractivity contribution is 6.36. The molecule has 8 aromatic rings. The minimum absolute atomic E-state index is 0.00638. The number of hydrogen-bond donors (Lipinski definition) is 1. The van der Waals surface area contributed by atoms with Gasteiger partial charge in [-0.15, -0.1) is 0 Å². The van der Waals surface area contributed by atoms with Gasteiger partial charge in [-0.05, 0) is 117 Å². The van der Waals surface area contributed by atoms with Crippen molar-refractivity contribution in [1.29, 1.82) is 0 Å². The highest BCUT2D eigenvalue weighted by Gasteiger charge is 2.46. The van der Waals surface area contributed by atoms with Crippen LogP contribution in [0.1, 0.15) is 47.9 Å². The molecular weight excluding hydrogens is 1050 g/mol. The summed E-state index contributed by atoms with van der Waals surface area (Å²) < 4.78 is 60.9. The molecule has 81 heavy (non-hydrogen) atoms. The molecular formula is C64H67ClF2N8O6. The Balaban J connectivity index is 0.000000133. The number of pyridine rings is 4. The standard InChI is InChI=1S/C32H33FN4O3.C16H12ClFN2O.C16H22N2O2/c1-21-30(26-4-3-5-29(34-26)38-2)35-27-18-22(33)6-8-24(27)31(21)37-20-32(10-14-39-15-11-32)25-9-7-23(19-28(25)37)36-12-16-40-17-13-36;1-9-15(17)11-7-6-10(18)8-13(11)20-16(9)12-4-3-5-14(19-12)21-2;1-2-14-15(11-13(1)18-5-9-20-10-6-18)17-12-16(14)3-7-19-8-4-16/h3-9,18-19H,10-17,20H2,1-2H3;3-8H,1-2H3;1-2,11,17H,3-10,12H2. The third kappa shape index (κ3) is 10.8. The number of aromatic nitrogens is 4. The summed E-state index contributed by atoms with van der Waals surface area (Å²) in [4.78, 5) is 25.7. The van der Waals surface area contributed by atoms with E-state index in [1.807, 2.05) is 43.3 Å². The number of benzene rings is 4. The van der Waals surface area contributed by atoms with E-state index >= 15 is 0 Å². The summed E-state index contributed by atoms with van der Waals surface area (Å²) in [5.74, 6) is 0.350. The summed E-state index contributed by atoms with van der Waals surface area (Å²) in [6, 6.07) is 34.2. The van der Waals surface area contributed by atoms with Crippen LogP contribution in [0.3, 0.4) is 0 Å². The van der Waals surface area contributed by atoms with Gasteiger partial charge in [0.1, 0.15) is 11.6 Å². The first-order valence-electron chi connectivity index (χ1n) is 28.0. The van der Waals surface area contributed by atoms with Crippen molar-refractivity contribution < 1.29 is 37.2 Å². The first-order valence-corrected chi connectivity index (χ1v) is 28.4. The van der Waals surface area contributed by atoms with Crippen LogP contribution in [0.4, 0.5) is 37.2 Å². The largest absolute Gasteiger partial charge is 0.481 e. The van der Waals surface area contributed by atoms with Gasteiger partial charge in [0.15, 0.2) is 0 Å². The number of rotatable bonds is 7. The van der Waals surface area contributed by atoms with Crippen LogP contribution in [0.25, 0.3) is 44.6 Å². The fraction of sp³-hybridized carbons (Fsp3) is 0.375. The molecule has 4 aromatic heterocycles. The van der Waals surface area contributed by atoms with Crippen molar-refractivity contribution in [2.75, 3.05) is 126 Å². The number of anilines is 5. The molecule has 0 bridgehead atoms. The van der Waals surface area contributed by atoms with Crippen LogP contribution < -0.4 is 29.5 Å². The van der Waals surface area contributed by atoms with E-state index in [2.05, 4.69) is 73.3 Å². The van der Waals surface area contributed by atoms with E-state index in [1.54, 1.807) is 26.4 Å². The Morgan fingerprint density at radius 3 is 1.63 bits per heavy atom. The van der Waals surface area contributed by atoms with Gasteiger partial charge in [-0.3, -0.25) is 0 Å². The second kappa shape index (κ2) is 23.3. The topological polar surface area (TPSA) is 129 Å². The van der Waals surface area contributed by atoms with Gasteiger partial charge in [0, 0.05) is 140 Å². The number of hydrogen-bond acceptors (Lipinski definition) is 14. The highest BCUT2D eigenvalue weighted by Crippen LogP contribution is 2.53. The molecule has 14 nitrogen and oxygen atoms in total. The fourth-order valence-corrected chi connectivity index (χ4v) is 12.8. The monoisotopic (exact) mass is 1120 g/mol. The number of morpholine rings is 2. The van der Waals surface area contributed by atoms with Crippen molar-refractivity contribution in [3.05, 3.63) is 148 Å². The van der Waals surface area contributed by atoms with Gasteiger partial charge in [0.2, 0.25) is 11.8 Å². The molecule has 4 fully saturated rings. The molecule has 0 saturated carbocycles. The molecule has 420 valence electrons. The van der Waals surface area contributed by atoms with Crippen LogP contribution >= 0.6 is 11.6 Å². The smallest absolute Gasteiger partial charge is 0.213 e. The quantitative estimate of drug-likeness (QED) is 0.163. The zero-order valence-electron chi connectivity index (χ0n) is 46.3. The molecule has 4 saturated heterocycles. The number of ether oxygens (including phenoxy) is 6. The Bertz CT molecular complexity index is 3600. The third-order valence-electron chi connectivity index (χ3n) is 17.0. The Hall–Kier alpha value is -7.21. The van der Waals surface area contributed by atoms with Gasteiger partial charge in [0.25, 0.3) is 0 Å². The maximum Gasteiger partial charge on any atom is 0.213 e. The summed E-state index contributed by atoms with van der Waals surface area (Å²) in [5.41, 5.74) is 14.9. The van der Waals surface area contributed by atoms with Crippen LogP contribution in [-0.2, 0) is 29.8 Å². The zero-order chi connectivity index (χ0) is 55.7. The summed E-state index contributed by atoms with van der Waals surface area (Å²) >= 11 is 6.39. The van der Waals surface area contributed by atoms with Crippen LogP contribution in [0, 0.1) is 25.5 Å². The van der Waals surface area contributed by atoms with E-state index in [0.717, 1.165) is 151 Å². The highest BCUT2D eigenvalue weighted by atomic mass is 35.5. The minimum Gasteiger partial charge on any atom is -0.481 e. The Labute approximate surface area is 476 Å². The van der Waals surface area contributed by atoms with E-state index < -0.39 is 0 Å². The van der Waals surface area contributed by atoms with Crippen molar-refractivity contribution in [1.82, 2.24) is 19.9 Å². The summed E-state index contributed by atoms with van der Waals surface area (Å²) in [6.07, 6.45) is 4.22. The van der Waals surface area contributed by atoms with Gasteiger partial charge < -0.3 is 48.4 Å². The minimum atomic E-state index is -0.348. The summed E-state index contributed by atoms with van der Waals surface area (Å²) in [6.45, 7) is 16.1. The van der Waals surface area contributed by atoms with Crippen molar-refractivity contribution in [2.24, 2.45) is 0 Å². The lowest BCUT2D eigenvalue weighted by Gasteiger charge is -2.35. The van der Waals surface area contributed by atoms with Crippen molar-refractivity contribution in [3.63, 3.8) is 0 Å². The normalized spacial score (nSPS) is 17.9. The molecule has 4 aromatic carbocycles. The molecule has 14 rings (SSSR count). The lowest BCUT2D eigenvalue weighted by atomic mass is 9.76. The predicted octanol–water partition coefficient (Wildman–Crippen LogP) is 12.2. The molecule has 0 atom stereocenters. The number of halogens is 3. The molecule has 2 spiro atoms. The first-order chi connectivity index (χ1) is 39.5. The number of nitrogens with one attached hydrogen (secondary N) is 1. The number of nitrogens with zero attached hydrogens (tertiary/aromatic N) is 7. The predicted molar refractivity (Wildman–Crippen MR) is 315 cm³/mol. The van der Waals surface area contributed by atoms with Crippen LogP contribution in [0.15, 0.2) is 109 Å². The van der Waals surface area contributed by atoms with Gasteiger partial charge in [-0.2, -0.15) is 0 Å². The van der Waals surface area contributed by atoms with Gasteiger partial charge in [0.05, 0.1) is 85.2 Å². The second-order valence-corrected chi connectivity index (χ2v) is 22.0. The summed E-state index contributed by atoms with van der Waals surface area (Å²) in [5, 5.41) is 5.83. The van der Waals surface area contributed by atoms with Crippen LogP contribution in [0.2, 0.25) is 5.02 Å². The molecule has 0 aliphatic carbocycles. The molecule has 17 heteroatoms. The SMILES string of the molecule is COc1cccc(-c2nc3cc(F)ccc3c(Cl)c2C)n1.COc1cccc(-c2nc3cc(F)ccc3c(N3CC4(CCOCC4)c4ccc(N5CCOCC5)cc43)c2C)n1.c1cc2c(cc1N1CCOCC1)NCC21CCOCC1. The molecule has 0 amide bonds. The average molecular weight is 1120 g/mol. The van der Waals surface area contributed by atoms with Crippen LogP contribution in [0.5, 0.6) is 11.8 Å². The number of methoxy groups -OCH3 is 2. The molecule has 6 aliphatic rings. The van der Waals surface area contributed by atoms with Gasteiger partial charge in [-0.25, -0.2) is 28.7 Å². The molecule has 10 heterocycles. The van der Waals surface area contributed by atoms with E-state index in [4.69, 9.17) is 50.0 Å². The summed E-state index contributed by atoms with van der Waals surface area (Å²) in [7, 11) is 3.16.